The normalized spacial score (nSPS) is 10.6. The van der Waals surface area contributed by atoms with Gasteiger partial charge in [0.25, 0.3) is 5.91 Å². The molecule has 0 atom stereocenters. The molecule has 26 heavy (non-hydrogen) atoms. The van der Waals surface area contributed by atoms with Gasteiger partial charge in [0.05, 0.1) is 19.7 Å². The first-order valence-electron chi connectivity index (χ1n) is 7.86. The van der Waals surface area contributed by atoms with Crippen molar-refractivity contribution in [3.05, 3.63) is 42.0 Å². The summed E-state index contributed by atoms with van der Waals surface area (Å²) in [7, 11) is 3.02. The number of fused-ring (bicyclic) bond motifs is 1. The van der Waals surface area contributed by atoms with E-state index in [1.54, 1.807) is 36.4 Å². The van der Waals surface area contributed by atoms with E-state index in [0.29, 0.717) is 34.0 Å². The van der Waals surface area contributed by atoms with Crippen molar-refractivity contribution in [1.29, 1.82) is 0 Å². The number of rotatable bonds is 7. The smallest absolute Gasteiger partial charge is 0.257 e. The fourth-order valence-electron chi connectivity index (χ4n) is 2.49. The number of amides is 1. The molecule has 0 aliphatic rings. The second kappa shape index (κ2) is 7.73. The topological polar surface area (TPSA) is 85.5 Å². The molecule has 0 aliphatic carbocycles. The Kier molecular flexibility index (Phi) is 5.21. The maximum atomic E-state index is 12.5. The highest BCUT2D eigenvalue weighted by Gasteiger charge is 2.14. The van der Waals surface area contributed by atoms with Gasteiger partial charge in [0, 0.05) is 10.9 Å². The van der Waals surface area contributed by atoms with Gasteiger partial charge in [-0.2, -0.15) is 5.10 Å². The number of benzene rings is 2. The minimum Gasteiger partial charge on any atom is -0.493 e. The Hall–Kier alpha value is -3.29. The molecule has 3 rings (SSSR count). The lowest BCUT2D eigenvalue weighted by atomic mass is 10.2. The van der Waals surface area contributed by atoms with Gasteiger partial charge in [0.1, 0.15) is 19.0 Å². The Morgan fingerprint density at radius 3 is 2.69 bits per heavy atom. The molecule has 1 aromatic heterocycles. The second-order valence-corrected chi connectivity index (χ2v) is 5.34. The van der Waals surface area contributed by atoms with Gasteiger partial charge >= 0.3 is 0 Å². The highest BCUT2D eigenvalue weighted by molar-refractivity contribution is 6.08. The summed E-state index contributed by atoms with van der Waals surface area (Å²) in [5.41, 5.74) is 1.11. The van der Waals surface area contributed by atoms with Crippen LogP contribution in [0.2, 0.25) is 0 Å². The first kappa shape index (κ1) is 17.5. The molecule has 0 spiro atoms. The summed E-state index contributed by atoms with van der Waals surface area (Å²) >= 11 is 0. The number of aromatic nitrogens is 2. The Bertz CT molecular complexity index is 926. The van der Waals surface area contributed by atoms with Crippen molar-refractivity contribution in [1.82, 2.24) is 10.2 Å². The largest absolute Gasteiger partial charge is 0.493 e. The lowest BCUT2D eigenvalue weighted by molar-refractivity contribution is 0.102. The first-order chi connectivity index (χ1) is 12.7. The summed E-state index contributed by atoms with van der Waals surface area (Å²) in [6.45, 7) is -0.608. The molecule has 136 valence electrons. The van der Waals surface area contributed by atoms with Gasteiger partial charge in [-0.3, -0.25) is 9.89 Å². The molecule has 8 heteroatoms. The molecular formula is C18H18FN3O4. The Balaban J connectivity index is 1.85. The molecule has 0 unspecified atom stereocenters. The number of halogens is 1. The maximum Gasteiger partial charge on any atom is 0.257 e. The van der Waals surface area contributed by atoms with Gasteiger partial charge < -0.3 is 19.5 Å². The number of aromatic amines is 1. The van der Waals surface area contributed by atoms with E-state index in [-0.39, 0.29) is 12.5 Å². The molecule has 0 aliphatic heterocycles. The molecule has 0 saturated heterocycles. The third kappa shape index (κ3) is 3.53. The van der Waals surface area contributed by atoms with E-state index in [0.717, 1.165) is 5.52 Å². The van der Waals surface area contributed by atoms with Crippen LogP contribution in [0.3, 0.4) is 0 Å². The molecule has 2 N–H and O–H groups in total. The summed E-state index contributed by atoms with van der Waals surface area (Å²) in [5.74, 6) is 1.48. The van der Waals surface area contributed by atoms with Crippen LogP contribution in [-0.2, 0) is 0 Å². The van der Waals surface area contributed by atoms with Crippen LogP contribution in [0.25, 0.3) is 10.9 Å². The van der Waals surface area contributed by atoms with Crippen LogP contribution < -0.4 is 19.5 Å². The van der Waals surface area contributed by atoms with Crippen molar-refractivity contribution < 1.29 is 23.4 Å². The van der Waals surface area contributed by atoms with Crippen LogP contribution in [0.1, 0.15) is 10.4 Å². The van der Waals surface area contributed by atoms with E-state index in [4.69, 9.17) is 14.2 Å². The Morgan fingerprint density at radius 1 is 1.15 bits per heavy atom. The van der Waals surface area contributed by atoms with Gasteiger partial charge in [-0.25, -0.2) is 4.39 Å². The molecule has 0 saturated carbocycles. The van der Waals surface area contributed by atoms with E-state index >= 15 is 0 Å². The van der Waals surface area contributed by atoms with Gasteiger partial charge in [-0.05, 0) is 36.4 Å². The van der Waals surface area contributed by atoms with Crippen LogP contribution in [0.5, 0.6) is 17.2 Å². The van der Waals surface area contributed by atoms with E-state index in [2.05, 4.69) is 15.5 Å². The zero-order valence-electron chi connectivity index (χ0n) is 14.3. The number of ether oxygens (including phenoxy) is 3. The number of H-pyrrole nitrogens is 1. The fourth-order valence-corrected chi connectivity index (χ4v) is 2.49. The van der Waals surface area contributed by atoms with Gasteiger partial charge in [0.2, 0.25) is 0 Å². The Morgan fingerprint density at radius 2 is 1.96 bits per heavy atom. The predicted octanol–water partition coefficient (Wildman–Crippen LogP) is 3.18. The van der Waals surface area contributed by atoms with Crippen molar-refractivity contribution >= 4 is 22.6 Å². The van der Waals surface area contributed by atoms with Gasteiger partial charge in [0.15, 0.2) is 17.3 Å². The zero-order valence-corrected chi connectivity index (χ0v) is 14.3. The molecule has 2 aromatic carbocycles. The minimum atomic E-state index is -0.577. The molecular weight excluding hydrogens is 341 g/mol. The number of nitrogens with one attached hydrogen (secondary N) is 2. The number of carbonyl (C=O) groups excluding carboxylic acids is 1. The lowest BCUT2D eigenvalue weighted by Gasteiger charge is -2.09. The first-order valence-corrected chi connectivity index (χ1v) is 7.86. The number of hydrogen-bond acceptors (Lipinski definition) is 5. The monoisotopic (exact) mass is 359 g/mol. The van der Waals surface area contributed by atoms with Gasteiger partial charge in [-0.15, -0.1) is 0 Å². The van der Waals surface area contributed by atoms with E-state index in [9.17, 15) is 9.18 Å². The number of alkyl halides is 1. The summed E-state index contributed by atoms with van der Waals surface area (Å²) < 4.78 is 27.9. The fraction of sp³-hybridized carbons (Fsp3) is 0.222. The number of anilines is 1. The molecule has 1 amide bonds. The third-order valence-corrected chi connectivity index (χ3v) is 3.76. The SMILES string of the molecule is COc1ccc(C(=O)Nc2n[nH]c3ccc(OCCF)cc23)cc1OC. The van der Waals surface area contributed by atoms with Crippen LogP contribution >= 0.6 is 0 Å². The van der Waals surface area contributed by atoms with Crippen LogP contribution in [-0.4, -0.2) is 43.6 Å². The van der Waals surface area contributed by atoms with Crippen LogP contribution in [0.15, 0.2) is 36.4 Å². The number of methoxy groups -OCH3 is 2. The lowest BCUT2D eigenvalue weighted by Crippen LogP contribution is -2.12. The number of carbonyl (C=O) groups is 1. The highest BCUT2D eigenvalue weighted by atomic mass is 19.1. The van der Waals surface area contributed by atoms with Crippen molar-refractivity contribution in [3.8, 4) is 17.2 Å². The summed E-state index contributed by atoms with van der Waals surface area (Å²) in [5, 5.41) is 10.4. The maximum absolute atomic E-state index is 12.5. The van der Waals surface area contributed by atoms with Crippen molar-refractivity contribution in [2.75, 3.05) is 32.8 Å². The van der Waals surface area contributed by atoms with Crippen molar-refractivity contribution in [2.45, 2.75) is 0 Å². The molecule has 7 nitrogen and oxygen atoms in total. The second-order valence-electron chi connectivity index (χ2n) is 5.34. The molecule has 0 bridgehead atoms. The van der Waals surface area contributed by atoms with Crippen molar-refractivity contribution in [2.24, 2.45) is 0 Å². The quantitative estimate of drug-likeness (QED) is 0.677. The summed E-state index contributed by atoms with van der Waals surface area (Å²) in [4.78, 5) is 12.5. The van der Waals surface area contributed by atoms with Crippen LogP contribution in [0.4, 0.5) is 10.2 Å². The molecule has 3 aromatic rings. The van der Waals surface area contributed by atoms with E-state index in [1.807, 2.05) is 0 Å². The van der Waals surface area contributed by atoms with Gasteiger partial charge in [-0.1, -0.05) is 0 Å². The van der Waals surface area contributed by atoms with Crippen molar-refractivity contribution in [3.63, 3.8) is 0 Å². The average Bonchev–Trinajstić information content (AvgIpc) is 3.07. The van der Waals surface area contributed by atoms with Crippen LogP contribution in [0, 0.1) is 0 Å². The minimum absolute atomic E-state index is 0.0311. The number of hydrogen-bond donors (Lipinski definition) is 2. The average molecular weight is 359 g/mol. The summed E-state index contributed by atoms with van der Waals surface area (Å²) in [6, 6.07) is 10.0. The standard InChI is InChI=1S/C18H18FN3O4/c1-24-15-6-3-11(9-16(15)25-2)18(23)20-17-13-10-12(26-8-7-19)4-5-14(13)21-22-17/h3-6,9-10H,7-8H2,1-2H3,(H2,20,21,22,23). The summed E-state index contributed by atoms with van der Waals surface area (Å²) in [6.07, 6.45) is 0. The van der Waals surface area contributed by atoms with E-state index in [1.165, 1.54) is 14.2 Å². The number of nitrogens with zero attached hydrogens (tertiary/aromatic N) is 1. The Labute approximate surface area is 149 Å². The van der Waals surface area contributed by atoms with E-state index < -0.39 is 6.67 Å². The third-order valence-electron chi connectivity index (χ3n) is 3.76. The molecule has 0 fully saturated rings. The predicted molar refractivity (Wildman–Crippen MR) is 95.1 cm³/mol. The molecule has 0 radical (unpaired) electrons. The highest BCUT2D eigenvalue weighted by Crippen LogP contribution is 2.29. The zero-order chi connectivity index (χ0) is 18.5. The molecule has 1 heterocycles.